The lowest BCUT2D eigenvalue weighted by atomic mass is 10.1. The third kappa shape index (κ3) is 6.35. The van der Waals surface area contributed by atoms with E-state index in [1.807, 2.05) is 0 Å². The van der Waals surface area contributed by atoms with Gasteiger partial charge in [0.1, 0.15) is 18.0 Å². The van der Waals surface area contributed by atoms with Crippen LogP contribution in [0.15, 0.2) is 22.7 Å². The molecule has 1 fully saturated rings. The van der Waals surface area contributed by atoms with Gasteiger partial charge in [-0.1, -0.05) is 44.2 Å². The highest BCUT2D eigenvalue weighted by molar-refractivity contribution is 5.66. The Labute approximate surface area is 188 Å². The zero-order chi connectivity index (χ0) is 24.0. The molecule has 3 rings (SSSR count). The number of hydrogen-bond acceptors (Lipinski definition) is 5. The van der Waals surface area contributed by atoms with E-state index in [1.54, 1.807) is 0 Å². The van der Waals surface area contributed by atoms with Crippen molar-refractivity contribution in [1.82, 2.24) is 15.0 Å². The molecule has 33 heavy (non-hydrogen) atoms. The first-order chi connectivity index (χ1) is 15.7. The smallest absolute Gasteiger partial charge is 0.419 e. The number of hydrogen-bond donors (Lipinski definition) is 1. The van der Waals surface area contributed by atoms with E-state index >= 15 is 0 Å². The van der Waals surface area contributed by atoms with Crippen LogP contribution in [0, 0.1) is 0 Å². The molecule has 0 radical (unpaired) electrons. The number of carboxylic acid groups (broad SMARTS) is 1. The van der Waals surface area contributed by atoms with Crippen LogP contribution in [0.3, 0.4) is 0 Å². The van der Waals surface area contributed by atoms with Crippen molar-refractivity contribution < 1.29 is 36.7 Å². The zero-order valence-corrected chi connectivity index (χ0v) is 18.3. The molecule has 1 aromatic carbocycles. The van der Waals surface area contributed by atoms with E-state index in [4.69, 9.17) is 9.26 Å². The summed E-state index contributed by atoms with van der Waals surface area (Å²) < 4.78 is 65.1. The number of rotatable bonds is 10. The van der Waals surface area contributed by atoms with Crippen LogP contribution in [0.1, 0.15) is 69.4 Å². The maximum Gasteiger partial charge on any atom is 0.419 e. The molecule has 1 aliphatic heterocycles. The molecule has 0 bridgehead atoms. The van der Waals surface area contributed by atoms with Gasteiger partial charge in [-0.15, -0.1) is 0 Å². The molecule has 2 atom stereocenters. The minimum absolute atomic E-state index is 0.0286. The van der Waals surface area contributed by atoms with Crippen molar-refractivity contribution in [3.63, 3.8) is 0 Å². The van der Waals surface area contributed by atoms with Gasteiger partial charge in [-0.3, -0.25) is 4.90 Å². The quantitative estimate of drug-likeness (QED) is 0.324. The highest BCUT2D eigenvalue weighted by Crippen LogP contribution is 2.39. The first-order valence-corrected chi connectivity index (χ1v) is 11.0. The van der Waals surface area contributed by atoms with Gasteiger partial charge in [0.15, 0.2) is 0 Å². The van der Waals surface area contributed by atoms with Crippen LogP contribution < -0.4 is 4.74 Å². The average Bonchev–Trinajstić information content (AvgIpc) is 3.39. The number of likely N-dealkylation sites (tertiary alicyclic amines) is 1. The van der Waals surface area contributed by atoms with Crippen molar-refractivity contribution in [2.24, 2.45) is 0 Å². The number of ether oxygens (including phenoxy) is 1. The van der Waals surface area contributed by atoms with Gasteiger partial charge in [-0.25, -0.2) is 9.18 Å². The second kappa shape index (κ2) is 10.8. The Balaban J connectivity index is 1.72. The van der Waals surface area contributed by atoms with E-state index in [2.05, 4.69) is 17.1 Å². The number of benzene rings is 1. The summed E-state index contributed by atoms with van der Waals surface area (Å²) in [5.41, 5.74) is -0.935. The van der Waals surface area contributed by atoms with Crippen molar-refractivity contribution in [1.29, 1.82) is 0 Å². The molecule has 1 aromatic heterocycles. The maximum atomic E-state index is 13.7. The fourth-order valence-electron chi connectivity index (χ4n) is 3.80. The second-order valence-electron chi connectivity index (χ2n) is 8.06. The van der Waals surface area contributed by atoms with E-state index in [0.29, 0.717) is 6.42 Å². The summed E-state index contributed by atoms with van der Waals surface area (Å²) in [6, 6.07) is 2.47. The molecular formula is C22H27F4N3O4. The lowest BCUT2D eigenvalue weighted by molar-refractivity contribution is -0.138. The molecule has 11 heteroatoms. The lowest BCUT2D eigenvalue weighted by Crippen LogP contribution is -2.29. The molecular weight excluding hydrogens is 446 g/mol. The maximum absolute atomic E-state index is 13.7. The highest BCUT2D eigenvalue weighted by atomic mass is 19.4. The van der Waals surface area contributed by atoms with Crippen molar-refractivity contribution in [3.05, 3.63) is 29.7 Å². The predicted octanol–water partition coefficient (Wildman–Crippen LogP) is 6.26. The third-order valence-corrected chi connectivity index (χ3v) is 5.52. The fraction of sp³-hybridized carbons (Fsp3) is 0.591. The van der Waals surface area contributed by atoms with Crippen LogP contribution in [-0.4, -0.2) is 45.6 Å². The topological polar surface area (TPSA) is 88.7 Å². The molecule has 182 valence electrons. The van der Waals surface area contributed by atoms with Crippen molar-refractivity contribution in [3.8, 4) is 17.1 Å². The molecule has 1 unspecified atom stereocenters. The molecule has 2 heterocycles. The number of aromatic nitrogens is 2. The van der Waals surface area contributed by atoms with Gasteiger partial charge in [-0.2, -0.15) is 18.2 Å². The molecule has 1 aliphatic rings. The summed E-state index contributed by atoms with van der Waals surface area (Å²) in [7, 11) is 0. The van der Waals surface area contributed by atoms with Crippen LogP contribution in [0.4, 0.5) is 22.4 Å². The normalized spacial score (nSPS) is 18.6. The number of unbranched alkanes of at least 4 members (excludes halogenated alkanes) is 5. The van der Waals surface area contributed by atoms with Gasteiger partial charge >= 0.3 is 12.3 Å². The van der Waals surface area contributed by atoms with Crippen LogP contribution >= 0.6 is 0 Å². The standard InChI is InChI=1S/C22H27F4N3O4/c1-2-3-4-5-6-7-10-32-18-9-8-14(11-16(18)22(24,25)26)19-27-20(33-28-19)17-12-15(23)13-29(17)21(30)31/h8-9,11,15,17H,2-7,10,12-13H2,1H3,(H,30,31)/t15?,17-/m0/s1. The Kier molecular flexibility index (Phi) is 8.15. The van der Waals surface area contributed by atoms with Crippen molar-refractivity contribution >= 4 is 6.09 Å². The summed E-state index contributed by atoms with van der Waals surface area (Å²) >= 11 is 0. The summed E-state index contributed by atoms with van der Waals surface area (Å²) in [5.74, 6) is -0.591. The molecule has 0 saturated carbocycles. The Morgan fingerprint density at radius 3 is 2.67 bits per heavy atom. The molecule has 2 aromatic rings. The third-order valence-electron chi connectivity index (χ3n) is 5.52. The monoisotopic (exact) mass is 473 g/mol. The summed E-state index contributed by atoms with van der Waals surface area (Å²) in [4.78, 5) is 16.2. The SMILES string of the molecule is CCCCCCCCOc1ccc(-c2noc([C@@H]3CC(F)CN3C(=O)O)n2)cc1C(F)(F)F. The zero-order valence-electron chi connectivity index (χ0n) is 18.3. The van der Waals surface area contributed by atoms with E-state index in [0.717, 1.165) is 43.1 Å². The second-order valence-corrected chi connectivity index (χ2v) is 8.06. The molecule has 1 N–H and O–H groups in total. The molecule has 1 saturated heterocycles. The van der Waals surface area contributed by atoms with Gasteiger partial charge in [0, 0.05) is 12.0 Å². The Morgan fingerprint density at radius 1 is 1.24 bits per heavy atom. The molecule has 0 spiro atoms. The summed E-state index contributed by atoms with van der Waals surface area (Å²) in [6.45, 7) is 1.96. The molecule has 1 amide bonds. The van der Waals surface area contributed by atoms with E-state index in [1.165, 1.54) is 12.1 Å². The lowest BCUT2D eigenvalue weighted by Gasteiger charge is -2.16. The molecule has 0 aliphatic carbocycles. The highest BCUT2D eigenvalue weighted by Gasteiger charge is 2.40. The van der Waals surface area contributed by atoms with Crippen LogP contribution in [0.25, 0.3) is 11.4 Å². The minimum Gasteiger partial charge on any atom is -0.493 e. The average molecular weight is 473 g/mol. The Hall–Kier alpha value is -2.85. The largest absolute Gasteiger partial charge is 0.493 e. The van der Waals surface area contributed by atoms with E-state index in [-0.39, 0.29) is 42.6 Å². The molecule has 7 nitrogen and oxygen atoms in total. The first-order valence-electron chi connectivity index (χ1n) is 11.0. The Morgan fingerprint density at radius 2 is 1.97 bits per heavy atom. The summed E-state index contributed by atoms with van der Waals surface area (Å²) in [6.07, 6.45) is -1.62. The van der Waals surface area contributed by atoms with Gasteiger partial charge in [0.25, 0.3) is 0 Å². The van der Waals surface area contributed by atoms with Crippen LogP contribution in [0.2, 0.25) is 0 Å². The minimum atomic E-state index is -4.66. The fourth-order valence-corrected chi connectivity index (χ4v) is 3.80. The van der Waals surface area contributed by atoms with Crippen LogP contribution in [0.5, 0.6) is 5.75 Å². The predicted molar refractivity (Wildman–Crippen MR) is 111 cm³/mol. The van der Waals surface area contributed by atoms with Crippen molar-refractivity contribution in [2.45, 2.75) is 70.3 Å². The van der Waals surface area contributed by atoms with Crippen molar-refractivity contribution in [2.75, 3.05) is 13.2 Å². The summed E-state index contributed by atoms with van der Waals surface area (Å²) in [5, 5.41) is 12.9. The number of halogens is 4. The van der Waals surface area contributed by atoms with E-state index in [9.17, 15) is 27.5 Å². The number of alkyl halides is 4. The number of carbonyl (C=O) groups is 1. The van der Waals surface area contributed by atoms with Crippen LogP contribution in [-0.2, 0) is 6.18 Å². The van der Waals surface area contributed by atoms with Gasteiger partial charge < -0.3 is 14.4 Å². The Bertz CT molecular complexity index is 935. The van der Waals surface area contributed by atoms with Gasteiger partial charge in [0.05, 0.1) is 18.7 Å². The van der Waals surface area contributed by atoms with Gasteiger partial charge in [-0.05, 0) is 24.6 Å². The van der Waals surface area contributed by atoms with Gasteiger partial charge in [0.2, 0.25) is 11.7 Å². The number of amides is 1. The first kappa shape index (κ1) is 24.8. The van der Waals surface area contributed by atoms with E-state index < -0.39 is 30.0 Å². The number of nitrogens with zero attached hydrogens (tertiary/aromatic N) is 3.